The first kappa shape index (κ1) is 19.4. The molecule has 1 atom stereocenters. The zero-order valence-electron chi connectivity index (χ0n) is 17.2. The van der Waals surface area contributed by atoms with Gasteiger partial charge in [0.25, 0.3) is 5.91 Å². The van der Waals surface area contributed by atoms with Crippen LogP contribution in [-0.4, -0.2) is 40.9 Å². The Kier molecular flexibility index (Phi) is 5.22. The molecular formula is C22H27N5O2. The SMILES string of the molecule is CCc1nc(N2CCCC2)ncc1C(=O)Nc1ccc2c(c1)CC(C)N2C(C)=O. The van der Waals surface area contributed by atoms with Gasteiger partial charge >= 0.3 is 0 Å². The number of carbonyl (C=O) groups excluding carboxylic acids is 2. The standard InChI is InChI=1S/C22H27N5O2/c1-4-19-18(13-23-22(25-19)26-9-5-6-10-26)21(29)24-17-7-8-20-16(12-17)11-14(2)27(20)15(3)28/h7-8,12-14H,4-6,9-11H2,1-3H3,(H,24,29). The van der Waals surface area contributed by atoms with E-state index in [0.717, 1.165) is 55.0 Å². The van der Waals surface area contributed by atoms with Crippen LogP contribution in [0.3, 0.4) is 0 Å². The molecule has 1 aromatic heterocycles. The second-order valence-corrected chi connectivity index (χ2v) is 7.82. The minimum Gasteiger partial charge on any atom is -0.341 e. The van der Waals surface area contributed by atoms with E-state index in [1.165, 1.54) is 0 Å². The van der Waals surface area contributed by atoms with Gasteiger partial charge < -0.3 is 15.1 Å². The van der Waals surface area contributed by atoms with Gasteiger partial charge in [0, 0.05) is 43.6 Å². The summed E-state index contributed by atoms with van der Waals surface area (Å²) in [6.45, 7) is 7.56. The topological polar surface area (TPSA) is 78.4 Å². The largest absolute Gasteiger partial charge is 0.341 e. The Morgan fingerprint density at radius 2 is 2.00 bits per heavy atom. The first-order valence-electron chi connectivity index (χ1n) is 10.3. The lowest BCUT2D eigenvalue weighted by Gasteiger charge is -2.20. The molecule has 2 aliphatic rings. The average Bonchev–Trinajstić information content (AvgIpc) is 3.34. The molecule has 0 radical (unpaired) electrons. The summed E-state index contributed by atoms with van der Waals surface area (Å²) in [5, 5.41) is 2.97. The Morgan fingerprint density at radius 1 is 1.24 bits per heavy atom. The molecule has 0 bridgehead atoms. The van der Waals surface area contributed by atoms with Crippen molar-refractivity contribution in [3.05, 3.63) is 41.2 Å². The summed E-state index contributed by atoms with van der Waals surface area (Å²) in [6.07, 6.45) is 5.41. The van der Waals surface area contributed by atoms with E-state index >= 15 is 0 Å². The van der Waals surface area contributed by atoms with Crippen molar-refractivity contribution in [1.29, 1.82) is 0 Å². The number of anilines is 3. The van der Waals surface area contributed by atoms with Crippen molar-refractivity contribution in [2.45, 2.75) is 52.5 Å². The van der Waals surface area contributed by atoms with Gasteiger partial charge in [0.1, 0.15) is 0 Å². The zero-order valence-corrected chi connectivity index (χ0v) is 17.2. The first-order chi connectivity index (χ1) is 14.0. The molecule has 2 amide bonds. The van der Waals surface area contributed by atoms with Crippen LogP contribution in [0.15, 0.2) is 24.4 Å². The molecule has 0 spiro atoms. The Morgan fingerprint density at radius 3 is 2.69 bits per heavy atom. The fourth-order valence-electron chi connectivity index (χ4n) is 4.32. The molecule has 1 fully saturated rings. The molecule has 152 valence electrons. The number of nitrogens with one attached hydrogen (secondary N) is 1. The summed E-state index contributed by atoms with van der Waals surface area (Å²) < 4.78 is 0. The molecule has 7 nitrogen and oxygen atoms in total. The number of hydrogen-bond donors (Lipinski definition) is 1. The number of hydrogen-bond acceptors (Lipinski definition) is 5. The second-order valence-electron chi connectivity index (χ2n) is 7.82. The number of aromatic nitrogens is 2. The molecule has 1 unspecified atom stereocenters. The maximum atomic E-state index is 12.9. The Hall–Kier alpha value is -2.96. The Labute approximate surface area is 171 Å². The van der Waals surface area contributed by atoms with E-state index in [9.17, 15) is 9.59 Å². The zero-order chi connectivity index (χ0) is 20.5. The van der Waals surface area contributed by atoms with Gasteiger partial charge in [-0.25, -0.2) is 9.97 Å². The smallest absolute Gasteiger partial charge is 0.259 e. The predicted molar refractivity (Wildman–Crippen MR) is 114 cm³/mol. The molecule has 0 saturated carbocycles. The molecule has 29 heavy (non-hydrogen) atoms. The summed E-state index contributed by atoms with van der Waals surface area (Å²) >= 11 is 0. The Balaban J connectivity index is 1.54. The number of nitrogens with zero attached hydrogens (tertiary/aromatic N) is 4. The third-order valence-electron chi connectivity index (χ3n) is 5.72. The van der Waals surface area contributed by atoms with E-state index in [0.29, 0.717) is 17.9 Å². The van der Waals surface area contributed by atoms with Crippen LogP contribution in [0.1, 0.15) is 55.2 Å². The van der Waals surface area contributed by atoms with Gasteiger partial charge in [-0.2, -0.15) is 0 Å². The molecule has 2 aliphatic heterocycles. The van der Waals surface area contributed by atoms with Gasteiger partial charge in [-0.3, -0.25) is 9.59 Å². The molecule has 1 aromatic carbocycles. The average molecular weight is 393 g/mol. The predicted octanol–water partition coefficient (Wildman–Crippen LogP) is 3.19. The summed E-state index contributed by atoms with van der Waals surface area (Å²) in [6, 6.07) is 5.84. The van der Waals surface area contributed by atoms with Crippen LogP contribution in [0.2, 0.25) is 0 Å². The lowest BCUT2D eigenvalue weighted by Crippen LogP contribution is -2.33. The van der Waals surface area contributed by atoms with Crippen LogP contribution in [0.5, 0.6) is 0 Å². The van der Waals surface area contributed by atoms with Crippen LogP contribution < -0.4 is 15.1 Å². The van der Waals surface area contributed by atoms with E-state index < -0.39 is 0 Å². The first-order valence-corrected chi connectivity index (χ1v) is 10.3. The van der Waals surface area contributed by atoms with E-state index in [2.05, 4.69) is 20.2 Å². The van der Waals surface area contributed by atoms with Crippen LogP contribution in [0.4, 0.5) is 17.3 Å². The molecule has 3 heterocycles. The van der Waals surface area contributed by atoms with E-state index in [4.69, 9.17) is 0 Å². The quantitative estimate of drug-likeness (QED) is 0.863. The monoisotopic (exact) mass is 393 g/mol. The number of benzene rings is 1. The van der Waals surface area contributed by atoms with Crippen molar-refractivity contribution < 1.29 is 9.59 Å². The Bertz CT molecular complexity index is 952. The van der Waals surface area contributed by atoms with E-state index in [-0.39, 0.29) is 17.9 Å². The van der Waals surface area contributed by atoms with Crippen LogP contribution in [0.25, 0.3) is 0 Å². The normalized spacial score (nSPS) is 18.1. The fraction of sp³-hybridized carbons (Fsp3) is 0.455. The van der Waals surface area contributed by atoms with Gasteiger partial charge in [-0.15, -0.1) is 0 Å². The summed E-state index contributed by atoms with van der Waals surface area (Å²) in [4.78, 5) is 37.9. The minimum atomic E-state index is -0.204. The van der Waals surface area contributed by atoms with Crippen LogP contribution in [-0.2, 0) is 17.6 Å². The molecule has 1 saturated heterocycles. The number of amides is 2. The molecule has 7 heteroatoms. The highest BCUT2D eigenvalue weighted by molar-refractivity contribution is 6.05. The number of aryl methyl sites for hydroxylation is 1. The van der Waals surface area contributed by atoms with Gasteiger partial charge in [0.2, 0.25) is 11.9 Å². The molecule has 0 aliphatic carbocycles. The van der Waals surface area contributed by atoms with Crippen molar-refractivity contribution in [3.63, 3.8) is 0 Å². The lowest BCUT2D eigenvalue weighted by atomic mass is 10.1. The van der Waals surface area contributed by atoms with E-state index in [1.54, 1.807) is 18.0 Å². The molecule has 2 aromatic rings. The van der Waals surface area contributed by atoms with Crippen molar-refractivity contribution in [3.8, 4) is 0 Å². The molecule has 1 N–H and O–H groups in total. The van der Waals surface area contributed by atoms with Gasteiger partial charge in [-0.05, 0) is 56.4 Å². The van der Waals surface area contributed by atoms with Crippen molar-refractivity contribution in [2.75, 3.05) is 28.2 Å². The van der Waals surface area contributed by atoms with Gasteiger partial charge in [0.05, 0.1) is 11.3 Å². The third-order valence-corrected chi connectivity index (χ3v) is 5.72. The summed E-state index contributed by atoms with van der Waals surface area (Å²) in [5.41, 5.74) is 3.99. The van der Waals surface area contributed by atoms with Crippen LogP contribution >= 0.6 is 0 Å². The molecular weight excluding hydrogens is 366 g/mol. The van der Waals surface area contributed by atoms with E-state index in [1.807, 2.05) is 32.0 Å². The lowest BCUT2D eigenvalue weighted by molar-refractivity contribution is -0.116. The maximum Gasteiger partial charge on any atom is 0.259 e. The highest BCUT2D eigenvalue weighted by atomic mass is 16.2. The maximum absolute atomic E-state index is 12.9. The van der Waals surface area contributed by atoms with Crippen molar-refractivity contribution >= 4 is 29.1 Å². The number of fused-ring (bicyclic) bond motifs is 1. The van der Waals surface area contributed by atoms with Crippen molar-refractivity contribution in [1.82, 2.24) is 9.97 Å². The number of carbonyl (C=O) groups is 2. The van der Waals surface area contributed by atoms with Crippen molar-refractivity contribution in [2.24, 2.45) is 0 Å². The second kappa shape index (κ2) is 7.81. The van der Waals surface area contributed by atoms with Crippen LogP contribution in [0, 0.1) is 0 Å². The summed E-state index contributed by atoms with van der Waals surface area (Å²) in [7, 11) is 0. The van der Waals surface area contributed by atoms with Gasteiger partial charge in [0.15, 0.2) is 0 Å². The number of rotatable bonds is 4. The minimum absolute atomic E-state index is 0.0378. The third kappa shape index (κ3) is 3.69. The van der Waals surface area contributed by atoms with Gasteiger partial charge in [-0.1, -0.05) is 6.92 Å². The fourth-order valence-corrected chi connectivity index (χ4v) is 4.32. The highest BCUT2D eigenvalue weighted by Crippen LogP contribution is 2.34. The molecule has 4 rings (SSSR count). The summed E-state index contributed by atoms with van der Waals surface area (Å²) in [5.74, 6) is 0.548. The highest BCUT2D eigenvalue weighted by Gasteiger charge is 2.29.